The van der Waals surface area contributed by atoms with Crippen molar-refractivity contribution in [2.75, 3.05) is 50.6 Å². The van der Waals surface area contributed by atoms with Gasteiger partial charge in [0.05, 0.1) is 7.11 Å². The molecule has 0 unspecified atom stereocenters. The zero-order valence-corrected chi connectivity index (χ0v) is 15.2. The summed E-state index contributed by atoms with van der Waals surface area (Å²) in [6, 6.07) is 11.0. The van der Waals surface area contributed by atoms with Crippen LogP contribution in [0.15, 0.2) is 42.6 Å². The molecule has 7 heteroatoms. The number of urea groups is 1. The molecular weight excluding hydrogens is 330 g/mol. The van der Waals surface area contributed by atoms with E-state index in [2.05, 4.69) is 32.5 Å². The van der Waals surface area contributed by atoms with E-state index < -0.39 is 0 Å². The first-order valence-corrected chi connectivity index (χ1v) is 8.71. The van der Waals surface area contributed by atoms with E-state index in [-0.39, 0.29) is 6.03 Å². The molecule has 0 radical (unpaired) electrons. The molecule has 1 aromatic heterocycles. The van der Waals surface area contributed by atoms with Crippen LogP contribution in [0.5, 0.6) is 5.75 Å². The van der Waals surface area contributed by atoms with Gasteiger partial charge in [-0.2, -0.15) is 0 Å². The molecule has 3 rings (SSSR count). The third kappa shape index (κ3) is 4.86. The summed E-state index contributed by atoms with van der Waals surface area (Å²) in [5.41, 5.74) is 1.68. The molecule has 26 heavy (non-hydrogen) atoms. The maximum absolute atomic E-state index is 12.0. The van der Waals surface area contributed by atoms with Crippen molar-refractivity contribution in [3.63, 3.8) is 0 Å². The molecular formula is C19H25N5O2. The number of pyridine rings is 1. The number of carbonyl (C=O) groups is 1. The van der Waals surface area contributed by atoms with Gasteiger partial charge in [0, 0.05) is 44.6 Å². The van der Waals surface area contributed by atoms with E-state index in [4.69, 9.17) is 4.74 Å². The Bertz CT molecular complexity index is 710. The number of piperazine rings is 1. The Balaban J connectivity index is 1.47. The highest BCUT2D eigenvalue weighted by Gasteiger charge is 2.14. The fourth-order valence-electron chi connectivity index (χ4n) is 2.78. The number of nitrogens with one attached hydrogen (secondary N) is 2. The van der Waals surface area contributed by atoms with Crippen molar-refractivity contribution in [2.24, 2.45) is 0 Å². The van der Waals surface area contributed by atoms with Crippen LogP contribution in [0.2, 0.25) is 0 Å². The molecule has 1 aromatic carbocycles. The van der Waals surface area contributed by atoms with Gasteiger partial charge >= 0.3 is 6.03 Å². The lowest BCUT2D eigenvalue weighted by atomic mass is 10.2. The van der Waals surface area contributed by atoms with Gasteiger partial charge in [-0.25, -0.2) is 9.78 Å². The van der Waals surface area contributed by atoms with Crippen molar-refractivity contribution >= 4 is 17.5 Å². The van der Waals surface area contributed by atoms with Crippen molar-refractivity contribution in [1.82, 2.24) is 15.2 Å². The summed E-state index contributed by atoms with van der Waals surface area (Å²) < 4.78 is 5.10. The summed E-state index contributed by atoms with van der Waals surface area (Å²) in [4.78, 5) is 21.1. The molecule has 0 spiro atoms. The second kappa shape index (κ2) is 8.53. The van der Waals surface area contributed by atoms with Crippen molar-refractivity contribution < 1.29 is 9.53 Å². The highest BCUT2D eigenvalue weighted by molar-refractivity contribution is 5.89. The SMILES string of the molecule is COc1ccc(NC(=O)NCc2ccc(N3CCN(C)CC3)nc2)cc1. The van der Waals surface area contributed by atoms with E-state index in [0.717, 1.165) is 43.3 Å². The number of hydrogen-bond acceptors (Lipinski definition) is 5. The Hall–Kier alpha value is -2.80. The van der Waals surface area contributed by atoms with Gasteiger partial charge in [-0.1, -0.05) is 6.07 Å². The minimum Gasteiger partial charge on any atom is -0.497 e. The van der Waals surface area contributed by atoms with Crippen LogP contribution >= 0.6 is 0 Å². The summed E-state index contributed by atoms with van der Waals surface area (Å²) in [5, 5.41) is 5.63. The number of rotatable bonds is 5. The number of methoxy groups -OCH3 is 1. The van der Waals surface area contributed by atoms with Gasteiger partial charge in [0.1, 0.15) is 11.6 Å². The summed E-state index contributed by atoms with van der Waals surface area (Å²) >= 11 is 0. The van der Waals surface area contributed by atoms with Crippen molar-refractivity contribution in [2.45, 2.75) is 6.54 Å². The molecule has 0 aliphatic carbocycles. The molecule has 0 atom stereocenters. The van der Waals surface area contributed by atoms with Crippen LogP contribution < -0.4 is 20.3 Å². The lowest BCUT2D eigenvalue weighted by Gasteiger charge is -2.33. The summed E-state index contributed by atoms with van der Waals surface area (Å²) in [6.07, 6.45) is 1.82. The van der Waals surface area contributed by atoms with Crippen molar-refractivity contribution in [1.29, 1.82) is 0 Å². The van der Waals surface area contributed by atoms with Crippen LogP contribution in [-0.4, -0.2) is 56.3 Å². The molecule has 0 bridgehead atoms. The number of amides is 2. The minimum absolute atomic E-state index is 0.252. The van der Waals surface area contributed by atoms with Crippen LogP contribution in [0.3, 0.4) is 0 Å². The van der Waals surface area contributed by atoms with E-state index in [1.807, 2.05) is 18.3 Å². The van der Waals surface area contributed by atoms with Crippen molar-refractivity contribution in [3.8, 4) is 5.75 Å². The number of hydrogen-bond donors (Lipinski definition) is 2. The van der Waals surface area contributed by atoms with Gasteiger partial charge in [0.25, 0.3) is 0 Å². The van der Waals surface area contributed by atoms with Gasteiger partial charge in [-0.3, -0.25) is 0 Å². The number of ether oxygens (including phenoxy) is 1. The molecule has 2 N–H and O–H groups in total. The second-order valence-electron chi connectivity index (χ2n) is 6.35. The second-order valence-corrected chi connectivity index (χ2v) is 6.35. The first-order chi connectivity index (χ1) is 12.6. The number of carbonyl (C=O) groups excluding carboxylic acids is 1. The Morgan fingerprint density at radius 2 is 1.85 bits per heavy atom. The van der Waals surface area contributed by atoms with Gasteiger partial charge in [0.2, 0.25) is 0 Å². The lowest BCUT2D eigenvalue weighted by Crippen LogP contribution is -2.44. The number of benzene rings is 1. The number of likely N-dealkylation sites (N-methyl/N-ethyl adjacent to an activating group) is 1. The Labute approximate surface area is 154 Å². The summed E-state index contributed by atoms with van der Waals surface area (Å²) in [6.45, 7) is 4.52. The fraction of sp³-hybridized carbons (Fsp3) is 0.368. The summed E-state index contributed by atoms with van der Waals surface area (Å²) in [5.74, 6) is 1.74. The lowest BCUT2D eigenvalue weighted by molar-refractivity contribution is 0.251. The highest BCUT2D eigenvalue weighted by atomic mass is 16.5. The van der Waals surface area contributed by atoms with Gasteiger partial charge in [0.15, 0.2) is 0 Å². The minimum atomic E-state index is -0.252. The highest BCUT2D eigenvalue weighted by Crippen LogP contribution is 2.15. The molecule has 0 saturated carbocycles. The van der Waals surface area contributed by atoms with Gasteiger partial charge in [-0.05, 0) is 42.9 Å². The van der Waals surface area contributed by atoms with Crippen LogP contribution in [0.1, 0.15) is 5.56 Å². The molecule has 1 fully saturated rings. The molecule has 1 saturated heterocycles. The Morgan fingerprint density at radius 1 is 1.12 bits per heavy atom. The predicted molar refractivity (Wildman–Crippen MR) is 103 cm³/mol. The summed E-state index contributed by atoms with van der Waals surface area (Å²) in [7, 11) is 3.74. The molecule has 7 nitrogen and oxygen atoms in total. The van der Waals surface area contributed by atoms with E-state index in [1.54, 1.807) is 31.4 Å². The molecule has 1 aliphatic heterocycles. The normalized spacial score (nSPS) is 14.8. The van der Waals surface area contributed by atoms with Crippen molar-refractivity contribution in [3.05, 3.63) is 48.2 Å². The zero-order chi connectivity index (χ0) is 18.4. The molecule has 2 heterocycles. The molecule has 1 aliphatic rings. The van der Waals surface area contributed by atoms with Gasteiger partial charge < -0.3 is 25.2 Å². The maximum Gasteiger partial charge on any atom is 0.319 e. The average molecular weight is 355 g/mol. The monoisotopic (exact) mass is 355 g/mol. The van der Waals surface area contributed by atoms with E-state index in [1.165, 1.54) is 0 Å². The standard InChI is InChI=1S/C19H25N5O2/c1-23-9-11-24(12-10-23)18-8-3-15(13-20-18)14-21-19(25)22-16-4-6-17(26-2)7-5-16/h3-8,13H,9-12,14H2,1-2H3,(H2,21,22,25). The van der Waals surface area contributed by atoms with Crippen LogP contribution in [0.25, 0.3) is 0 Å². The Kier molecular flexibility index (Phi) is 5.91. The Morgan fingerprint density at radius 3 is 2.46 bits per heavy atom. The molecule has 2 aromatic rings. The van der Waals surface area contributed by atoms with E-state index in [9.17, 15) is 4.79 Å². The maximum atomic E-state index is 12.0. The third-order valence-corrected chi connectivity index (χ3v) is 4.44. The number of anilines is 2. The number of nitrogens with zero attached hydrogens (tertiary/aromatic N) is 3. The fourth-order valence-corrected chi connectivity index (χ4v) is 2.78. The smallest absolute Gasteiger partial charge is 0.319 e. The van der Waals surface area contributed by atoms with Crippen LogP contribution in [0, 0.1) is 0 Å². The third-order valence-electron chi connectivity index (χ3n) is 4.44. The predicted octanol–water partition coefficient (Wildman–Crippen LogP) is 2.16. The largest absolute Gasteiger partial charge is 0.497 e. The molecule has 138 valence electrons. The van der Waals surface area contributed by atoms with Gasteiger partial charge in [-0.15, -0.1) is 0 Å². The van der Waals surface area contributed by atoms with E-state index in [0.29, 0.717) is 12.2 Å². The zero-order valence-electron chi connectivity index (χ0n) is 15.2. The number of aromatic nitrogens is 1. The average Bonchev–Trinajstić information content (AvgIpc) is 2.68. The van der Waals surface area contributed by atoms with Crippen LogP contribution in [0.4, 0.5) is 16.3 Å². The first kappa shape index (κ1) is 18.0. The van der Waals surface area contributed by atoms with E-state index >= 15 is 0 Å². The quantitative estimate of drug-likeness (QED) is 0.860. The van der Waals surface area contributed by atoms with Crippen LogP contribution in [-0.2, 0) is 6.54 Å². The molecule has 2 amide bonds. The topological polar surface area (TPSA) is 69.7 Å². The first-order valence-electron chi connectivity index (χ1n) is 8.71.